The van der Waals surface area contributed by atoms with Crippen molar-refractivity contribution in [2.75, 3.05) is 0 Å². The Bertz CT molecular complexity index is 164. The normalized spacial score (nSPS) is 11.7. The van der Waals surface area contributed by atoms with Crippen LogP contribution in [-0.2, 0) is 9.59 Å². The summed E-state index contributed by atoms with van der Waals surface area (Å²) in [5, 5.41) is 10.5. The first-order chi connectivity index (χ1) is 4.57. The van der Waals surface area contributed by atoms with Gasteiger partial charge in [-0.25, -0.2) is 4.79 Å². The highest BCUT2D eigenvalue weighted by atomic mass is 16.4. The lowest BCUT2D eigenvalue weighted by atomic mass is 10.3. The van der Waals surface area contributed by atoms with Gasteiger partial charge >= 0.3 is 5.97 Å². The molecule has 0 aliphatic rings. The maximum Gasteiger partial charge on any atom is 0.330 e. The molecule has 4 heteroatoms. The molecule has 0 unspecified atom stereocenters. The van der Waals surface area contributed by atoms with E-state index in [1.165, 1.54) is 6.92 Å². The van der Waals surface area contributed by atoms with Crippen molar-refractivity contribution in [1.82, 2.24) is 5.32 Å². The molecule has 2 N–H and O–H groups in total. The number of nitrogens with one attached hydrogen (secondary N) is 1. The average Bonchev–Trinajstić information content (AvgIpc) is 1.81. The fourth-order valence-corrected chi connectivity index (χ4v) is 0.440. The molecule has 0 heterocycles. The number of rotatable bonds is 3. The van der Waals surface area contributed by atoms with Gasteiger partial charge in [0.15, 0.2) is 0 Å². The van der Waals surface area contributed by atoms with Crippen LogP contribution < -0.4 is 5.32 Å². The van der Waals surface area contributed by atoms with Crippen LogP contribution in [0.3, 0.4) is 0 Å². The zero-order chi connectivity index (χ0) is 8.15. The molecule has 0 saturated carbocycles. The minimum Gasteiger partial charge on any atom is -0.479 e. The summed E-state index contributed by atoms with van der Waals surface area (Å²) in [7, 11) is 0. The average molecular weight is 143 g/mol. The minimum atomic E-state index is -1.11. The molecule has 0 aromatic rings. The molecule has 0 fully saturated rings. The van der Waals surface area contributed by atoms with E-state index in [0.717, 1.165) is 6.08 Å². The molecule has 0 spiro atoms. The van der Waals surface area contributed by atoms with Crippen LogP contribution in [0, 0.1) is 0 Å². The number of amides is 1. The highest BCUT2D eigenvalue weighted by Crippen LogP contribution is 1.83. The van der Waals surface area contributed by atoms with Gasteiger partial charge < -0.3 is 10.4 Å². The van der Waals surface area contributed by atoms with E-state index in [1.807, 2.05) is 0 Å². The van der Waals surface area contributed by atoms with Gasteiger partial charge in [-0.1, -0.05) is 6.08 Å². The third-order valence-electron chi connectivity index (χ3n) is 0.861. The molecule has 0 aliphatic carbocycles. The number of carboxylic acid groups (broad SMARTS) is 1. The van der Waals surface area contributed by atoms with Crippen molar-refractivity contribution in [3.8, 4) is 0 Å². The van der Waals surface area contributed by atoms with Crippen molar-refractivity contribution in [1.29, 1.82) is 0 Å². The predicted octanol–water partition coefficient (Wildman–Crippen LogP) is -0.238. The molecule has 0 bridgehead atoms. The van der Waals surface area contributed by atoms with Crippen molar-refractivity contribution in [2.45, 2.75) is 13.0 Å². The van der Waals surface area contributed by atoms with E-state index >= 15 is 0 Å². The summed E-state index contributed by atoms with van der Waals surface area (Å²) in [5.74, 6) is -1.49. The van der Waals surface area contributed by atoms with Gasteiger partial charge in [-0.05, 0) is 0 Å². The second kappa shape index (κ2) is 3.66. The van der Waals surface area contributed by atoms with E-state index in [2.05, 4.69) is 11.9 Å². The zero-order valence-electron chi connectivity index (χ0n) is 5.63. The van der Waals surface area contributed by atoms with Crippen LogP contribution in [0.2, 0.25) is 0 Å². The molecule has 0 aromatic carbocycles. The van der Waals surface area contributed by atoms with Crippen LogP contribution >= 0.6 is 0 Å². The second-order valence-corrected chi connectivity index (χ2v) is 1.75. The fourth-order valence-electron chi connectivity index (χ4n) is 0.440. The Labute approximate surface area is 58.5 Å². The Morgan fingerprint density at radius 2 is 2.20 bits per heavy atom. The van der Waals surface area contributed by atoms with Gasteiger partial charge in [0.1, 0.15) is 6.04 Å². The van der Waals surface area contributed by atoms with Crippen LogP contribution in [0.25, 0.3) is 0 Å². The molecule has 0 aromatic heterocycles. The van der Waals surface area contributed by atoms with Crippen LogP contribution in [0.4, 0.5) is 0 Å². The van der Waals surface area contributed by atoms with Crippen molar-refractivity contribution in [3.05, 3.63) is 12.7 Å². The second-order valence-electron chi connectivity index (χ2n) is 1.75. The first-order valence-electron chi connectivity index (χ1n) is 2.70. The van der Waals surface area contributed by atoms with Gasteiger partial charge in [-0.2, -0.15) is 0 Å². The van der Waals surface area contributed by atoms with E-state index in [4.69, 9.17) is 5.11 Å². The standard InChI is InChI=1S/C6H9NO3/c1-3-5(6(9)10)7-4(2)8/h3,5H,1H2,2H3,(H,7,8)(H,9,10)/t5-/m1/s1. The van der Waals surface area contributed by atoms with Crippen LogP contribution in [0.1, 0.15) is 6.92 Å². The Morgan fingerprint density at radius 3 is 2.30 bits per heavy atom. The summed E-state index contributed by atoms with van der Waals surface area (Å²) >= 11 is 0. The SMILES string of the molecule is C=C[C@@H](NC(C)=O)C(=O)O. The minimum absolute atomic E-state index is 0.382. The summed E-state index contributed by atoms with van der Waals surface area (Å²) in [6.45, 7) is 4.49. The number of hydrogen-bond donors (Lipinski definition) is 2. The smallest absolute Gasteiger partial charge is 0.330 e. The van der Waals surface area contributed by atoms with E-state index in [9.17, 15) is 9.59 Å². The van der Waals surface area contributed by atoms with Gasteiger partial charge in [0.05, 0.1) is 0 Å². The Kier molecular flexibility index (Phi) is 3.17. The van der Waals surface area contributed by atoms with E-state index in [0.29, 0.717) is 0 Å². The van der Waals surface area contributed by atoms with Crippen molar-refractivity contribution in [2.24, 2.45) is 0 Å². The fraction of sp³-hybridized carbons (Fsp3) is 0.333. The van der Waals surface area contributed by atoms with E-state index in [1.54, 1.807) is 0 Å². The van der Waals surface area contributed by atoms with E-state index in [-0.39, 0.29) is 5.91 Å². The van der Waals surface area contributed by atoms with Gasteiger partial charge in [0.2, 0.25) is 5.91 Å². The predicted molar refractivity (Wildman–Crippen MR) is 35.4 cm³/mol. The summed E-state index contributed by atoms with van der Waals surface area (Å²) < 4.78 is 0. The van der Waals surface area contributed by atoms with Crippen molar-refractivity contribution < 1.29 is 14.7 Å². The van der Waals surface area contributed by atoms with Gasteiger partial charge in [-0.15, -0.1) is 6.58 Å². The highest BCUT2D eigenvalue weighted by Gasteiger charge is 2.12. The zero-order valence-corrected chi connectivity index (χ0v) is 5.63. The number of hydrogen-bond acceptors (Lipinski definition) is 2. The quantitative estimate of drug-likeness (QED) is 0.536. The summed E-state index contributed by atoms with van der Waals surface area (Å²) in [5.41, 5.74) is 0. The molecule has 0 aliphatic heterocycles. The third kappa shape index (κ3) is 2.86. The lowest BCUT2D eigenvalue weighted by Crippen LogP contribution is -2.37. The summed E-state index contributed by atoms with van der Waals surface area (Å²) in [6.07, 6.45) is 1.16. The molecule has 10 heavy (non-hydrogen) atoms. The maximum absolute atomic E-state index is 10.3. The van der Waals surface area contributed by atoms with Crippen LogP contribution in [0.15, 0.2) is 12.7 Å². The summed E-state index contributed by atoms with van der Waals surface area (Å²) in [4.78, 5) is 20.5. The molecular formula is C6H9NO3. The monoisotopic (exact) mass is 143 g/mol. The molecular weight excluding hydrogens is 134 g/mol. The number of carbonyl (C=O) groups is 2. The Hall–Kier alpha value is -1.32. The van der Waals surface area contributed by atoms with Crippen molar-refractivity contribution in [3.63, 3.8) is 0 Å². The Balaban J connectivity index is 3.96. The molecule has 0 saturated heterocycles. The highest BCUT2D eigenvalue weighted by molar-refractivity contribution is 5.83. The lowest BCUT2D eigenvalue weighted by Gasteiger charge is -2.05. The first-order valence-corrected chi connectivity index (χ1v) is 2.70. The van der Waals surface area contributed by atoms with Crippen LogP contribution in [0.5, 0.6) is 0 Å². The van der Waals surface area contributed by atoms with E-state index < -0.39 is 12.0 Å². The Morgan fingerprint density at radius 1 is 1.70 bits per heavy atom. The third-order valence-corrected chi connectivity index (χ3v) is 0.861. The van der Waals surface area contributed by atoms with Crippen molar-refractivity contribution >= 4 is 11.9 Å². The molecule has 1 amide bonds. The number of carboxylic acids is 1. The van der Waals surface area contributed by atoms with Gasteiger partial charge in [0, 0.05) is 6.92 Å². The topological polar surface area (TPSA) is 66.4 Å². The molecule has 56 valence electrons. The molecule has 0 rings (SSSR count). The first kappa shape index (κ1) is 8.68. The summed E-state index contributed by atoms with van der Waals surface area (Å²) in [6, 6.07) is -0.975. The van der Waals surface area contributed by atoms with Crippen LogP contribution in [-0.4, -0.2) is 23.0 Å². The lowest BCUT2D eigenvalue weighted by molar-refractivity contribution is -0.140. The largest absolute Gasteiger partial charge is 0.479 e. The number of aliphatic carboxylic acids is 1. The molecule has 0 radical (unpaired) electrons. The molecule has 4 nitrogen and oxygen atoms in total. The number of carbonyl (C=O) groups excluding carboxylic acids is 1. The van der Waals surface area contributed by atoms with Gasteiger partial charge in [0.25, 0.3) is 0 Å². The maximum atomic E-state index is 10.3. The van der Waals surface area contributed by atoms with Gasteiger partial charge in [-0.3, -0.25) is 4.79 Å². The molecule has 1 atom stereocenters.